The van der Waals surface area contributed by atoms with Crippen molar-refractivity contribution in [2.24, 2.45) is 0 Å². The lowest BCUT2D eigenvalue weighted by Gasteiger charge is -2.11. The maximum atomic E-state index is 13.1. The Balaban J connectivity index is 2.00. The van der Waals surface area contributed by atoms with Gasteiger partial charge in [0.25, 0.3) is 0 Å². The summed E-state index contributed by atoms with van der Waals surface area (Å²) in [6, 6.07) is 14.7. The molecule has 0 aliphatic carbocycles. The molecule has 0 saturated carbocycles. The first-order valence-electron chi connectivity index (χ1n) is 9.16. The van der Waals surface area contributed by atoms with Crippen molar-refractivity contribution in [1.29, 1.82) is 5.26 Å². The number of aromatic amines is 1. The second-order valence-corrected chi connectivity index (χ2v) is 6.30. The lowest BCUT2D eigenvalue weighted by atomic mass is 9.99. The number of hydrogen-bond donors (Lipinski definition) is 1. The van der Waals surface area contributed by atoms with Crippen LogP contribution in [0.3, 0.4) is 0 Å². The minimum atomic E-state index is -0.326. The molecule has 29 heavy (non-hydrogen) atoms. The molecule has 0 saturated heterocycles. The minimum absolute atomic E-state index is 0.0394. The number of aryl methyl sites for hydroxylation is 1. The van der Waals surface area contributed by atoms with E-state index in [0.717, 1.165) is 16.6 Å². The van der Waals surface area contributed by atoms with Gasteiger partial charge >= 0.3 is 0 Å². The number of benzene rings is 2. The number of terminal acetylenes is 1. The first kappa shape index (κ1) is 19.8. The van der Waals surface area contributed by atoms with Crippen LogP contribution in [-0.2, 0) is 0 Å². The normalized spacial score (nSPS) is 11.0. The van der Waals surface area contributed by atoms with Gasteiger partial charge in [0.1, 0.15) is 18.2 Å². The Morgan fingerprint density at radius 2 is 2.00 bits per heavy atom. The van der Waals surface area contributed by atoms with E-state index in [9.17, 15) is 10.1 Å². The van der Waals surface area contributed by atoms with Crippen LogP contribution in [0.4, 0.5) is 0 Å². The lowest BCUT2D eigenvalue weighted by Crippen LogP contribution is -2.03. The van der Waals surface area contributed by atoms with E-state index in [-0.39, 0.29) is 18.0 Å². The van der Waals surface area contributed by atoms with E-state index in [1.807, 2.05) is 44.2 Å². The number of nitrogens with one attached hydrogen (secondary N) is 1. The molecular weight excluding hydrogens is 364 g/mol. The third-order valence-electron chi connectivity index (χ3n) is 4.38. The maximum absolute atomic E-state index is 13.1. The smallest absolute Gasteiger partial charge is 0.205 e. The number of aromatic nitrogens is 1. The number of fused-ring (bicyclic) bond motifs is 1. The van der Waals surface area contributed by atoms with Crippen molar-refractivity contribution in [2.45, 2.75) is 13.8 Å². The SMILES string of the molecule is C#CCOc1ccc(/C=C(\C#N)C(=O)c2c(C)[nH]c3ccccc23)cc1OCC. The topological polar surface area (TPSA) is 75.1 Å². The van der Waals surface area contributed by atoms with E-state index in [1.165, 1.54) is 0 Å². The molecule has 0 fully saturated rings. The Morgan fingerprint density at radius 3 is 2.72 bits per heavy atom. The van der Waals surface area contributed by atoms with Crippen LogP contribution in [0.5, 0.6) is 11.5 Å². The predicted molar refractivity (Wildman–Crippen MR) is 113 cm³/mol. The number of ketones is 1. The molecule has 1 heterocycles. The van der Waals surface area contributed by atoms with Gasteiger partial charge in [0, 0.05) is 16.6 Å². The highest BCUT2D eigenvalue weighted by atomic mass is 16.5. The van der Waals surface area contributed by atoms with Gasteiger partial charge in [0.05, 0.1) is 12.2 Å². The molecule has 3 aromatic rings. The fourth-order valence-electron chi connectivity index (χ4n) is 3.14. The van der Waals surface area contributed by atoms with Gasteiger partial charge in [-0.1, -0.05) is 30.2 Å². The zero-order valence-corrected chi connectivity index (χ0v) is 16.3. The van der Waals surface area contributed by atoms with E-state index >= 15 is 0 Å². The third kappa shape index (κ3) is 4.15. The molecule has 0 aliphatic heterocycles. The average Bonchev–Trinajstić information content (AvgIpc) is 3.06. The molecule has 1 N–H and O–H groups in total. The van der Waals surface area contributed by atoms with Crippen LogP contribution in [0, 0.1) is 30.6 Å². The number of nitriles is 1. The van der Waals surface area contributed by atoms with Gasteiger partial charge in [0.15, 0.2) is 11.5 Å². The van der Waals surface area contributed by atoms with Crippen LogP contribution in [-0.4, -0.2) is 24.0 Å². The Bertz CT molecular complexity index is 1170. The van der Waals surface area contributed by atoms with Gasteiger partial charge < -0.3 is 14.5 Å². The number of ether oxygens (including phenoxy) is 2. The highest BCUT2D eigenvalue weighted by Gasteiger charge is 2.20. The molecule has 2 aromatic carbocycles. The fourth-order valence-corrected chi connectivity index (χ4v) is 3.14. The second kappa shape index (κ2) is 8.82. The fraction of sp³-hybridized carbons (Fsp3) is 0.167. The maximum Gasteiger partial charge on any atom is 0.205 e. The van der Waals surface area contributed by atoms with E-state index in [0.29, 0.717) is 29.2 Å². The quantitative estimate of drug-likeness (QED) is 0.278. The molecule has 0 spiro atoms. The molecule has 0 radical (unpaired) electrons. The molecule has 3 rings (SSSR count). The van der Waals surface area contributed by atoms with Crippen molar-refractivity contribution in [1.82, 2.24) is 4.98 Å². The van der Waals surface area contributed by atoms with E-state index < -0.39 is 0 Å². The van der Waals surface area contributed by atoms with Crippen LogP contribution in [0.15, 0.2) is 48.0 Å². The predicted octanol–water partition coefficient (Wildman–Crippen LogP) is 4.68. The standard InChI is InChI=1S/C24H20N2O3/c1-4-12-29-21-11-10-17(14-22(21)28-5-2)13-18(15-25)24(27)23-16(3)26-20-9-7-6-8-19(20)23/h1,6-11,13-14,26H,5,12H2,2-3H3/b18-13+. The van der Waals surface area contributed by atoms with Crippen molar-refractivity contribution in [3.8, 4) is 29.9 Å². The van der Waals surface area contributed by atoms with Crippen LogP contribution in [0.25, 0.3) is 17.0 Å². The van der Waals surface area contributed by atoms with Gasteiger partial charge in [-0.15, -0.1) is 6.42 Å². The Kier molecular flexibility index (Phi) is 6.02. The first-order chi connectivity index (χ1) is 14.1. The third-order valence-corrected chi connectivity index (χ3v) is 4.38. The highest BCUT2D eigenvalue weighted by Crippen LogP contribution is 2.30. The van der Waals surface area contributed by atoms with Gasteiger partial charge in [0.2, 0.25) is 5.78 Å². The molecule has 5 nitrogen and oxygen atoms in total. The van der Waals surface area contributed by atoms with Crippen molar-refractivity contribution < 1.29 is 14.3 Å². The molecule has 144 valence electrons. The first-order valence-corrected chi connectivity index (χ1v) is 9.16. The molecule has 5 heteroatoms. The zero-order chi connectivity index (χ0) is 20.8. The number of carbonyl (C=O) groups is 1. The highest BCUT2D eigenvalue weighted by molar-refractivity contribution is 6.20. The number of H-pyrrole nitrogens is 1. The van der Waals surface area contributed by atoms with Gasteiger partial charge in [-0.05, 0) is 43.7 Å². The van der Waals surface area contributed by atoms with E-state index in [4.69, 9.17) is 15.9 Å². The van der Waals surface area contributed by atoms with E-state index in [2.05, 4.69) is 10.9 Å². The molecule has 1 aromatic heterocycles. The number of Topliss-reactive ketones (excluding diaryl/α,β-unsaturated/α-hetero) is 1. The Morgan fingerprint density at radius 1 is 1.21 bits per heavy atom. The summed E-state index contributed by atoms with van der Waals surface area (Å²) in [5, 5.41) is 10.4. The van der Waals surface area contributed by atoms with Crippen molar-refractivity contribution in [2.75, 3.05) is 13.2 Å². The number of carbonyl (C=O) groups excluding carboxylic acids is 1. The molecule has 0 bridgehead atoms. The zero-order valence-electron chi connectivity index (χ0n) is 16.3. The van der Waals surface area contributed by atoms with Crippen molar-refractivity contribution >= 4 is 22.8 Å². The number of nitrogens with zero attached hydrogens (tertiary/aromatic N) is 1. The average molecular weight is 384 g/mol. The van der Waals surface area contributed by atoms with Crippen LogP contribution < -0.4 is 9.47 Å². The number of rotatable bonds is 7. The summed E-state index contributed by atoms with van der Waals surface area (Å²) in [4.78, 5) is 16.3. The lowest BCUT2D eigenvalue weighted by molar-refractivity contribution is 0.104. The molecule has 0 atom stereocenters. The summed E-state index contributed by atoms with van der Waals surface area (Å²) in [6.07, 6.45) is 6.80. The van der Waals surface area contributed by atoms with E-state index in [1.54, 1.807) is 24.3 Å². The summed E-state index contributed by atoms with van der Waals surface area (Å²) in [5.41, 5.74) is 2.79. The van der Waals surface area contributed by atoms with Gasteiger partial charge in [-0.2, -0.15) is 5.26 Å². The minimum Gasteiger partial charge on any atom is -0.490 e. The van der Waals surface area contributed by atoms with Crippen molar-refractivity contribution in [3.63, 3.8) is 0 Å². The number of para-hydroxylation sites is 1. The Labute approximate surface area is 169 Å². The van der Waals surface area contributed by atoms with Gasteiger partial charge in [-0.3, -0.25) is 4.79 Å². The monoisotopic (exact) mass is 384 g/mol. The molecule has 0 amide bonds. The molecule has 0 unspecified atom stereocenters. The molecular formula is C24H20N2O3. The number of allylic oxidation sites excluding steroid dienone is 1. The van der Waals surface area contributed by atoms with Crippen LogP contribution in [0.2, 0.25) is 0 Å². The van der Waals surface area contributed by atoms with Crippen LogP contribution >= 0.6 is 0 Å². The summed E-state index contributed by atoms with van der Waals surface area (Å²) in [7, 11) is 0. The number of hydrogen-bond acceptors (Lipinski definition) is 4. The van der Waals surface area contributed by atoms with Gasteiger partial charge in [-0.25, -0.2) is 0 Å². The van der Waals surface area contributed by atoms with Crippen molar-refractivity contribution in [3.05, 3.63) is 64.9 Å². The second-order valence-electron chi connectivity index (χ2n) is 6.30. The summed E-state index contributed by atoms with van der Waals surface area (Å²) in [6.45, 7) is 4.25. The van der Waals surface area contributed by atoms with Crippen LogP contribution in [0.1, 0.15) is 28.5 Å². The largest absolute Gasteiger partial charge is 0.490 e. The Hall–Kier alpha value is -3.96. The molecule has 0 aliphatic rings. The summed E-state index contributed by atoms with van der Waals surface area (Å²) >= 11 is 0. The summed E-state index contributed by atoms with van der Waals surface area (Å²) < 4.78 is 11.1. The summed E-state index contributed by atoms with van der Waals surface area (Å²) in [5.74, 6) is 3.10.